The number of alkyl halides is 3. The highest BCUT2D eigenvalue weighted by molar-refractivity contribution is 5.53. The lowest BCUT2D eigenvalue weighted by Gasteiger charge is -2.13. The second-order valence-electron chi connectivity index (χ2n) is 4.35. The summed E-state index contributed by atoms with van der Waals surface area (Å²) in [7, 11) is 0. The van der Waals surface area contributed by atoms with E-state index in [1.807, 2.05) is 6.92 Å². The molecular weight excluding hydrogens is 215 g/mol. The van der Waals surface area contributed by atoms with Crippen LogP contribution in [0.15, 0.2) is 18.2 Å². The minimum atomic E-state index is -4.26. The van der Waals surface area contributed by atoms with E-state index in [4.69, 9.17) is 0 Å². The lowest BCUT2D eigenvalue weighted by molar-refractivity contribution is -0.137. The van der Waals surface area contributed by atoms with Gasteiger partial charge in [-0.05, 0) is 43.4 Å². The predicted molar refractivity (Wildman–Crippen MR) is 57.4 cm³/mol. The van der Waals surface area contributed by atoms with Crippen molar-refractivity contribution in [3.8, 4) is 0 Å². The van der Waals surface area contributed by atoms with Crippen LogP contribution >= 0.6 is 0 Å². The zero-order valence-electron chi connectivity index (χ0n) is 9.06. The molecule has 0 unspecified atom stereocenters. The zero-order chi connectivity index (χ0) is 11.8. The van der Waals surface area contributed by atoms with Gasteiger partial charge < -0.3 is 5.32 Å². The van der Waals surface area contributed by atoms with E-state index < -0.39 is 11.7 Å². The van der Waals surface area contributed by atoms with Crippen molar-refractivity contribution in [1.29, 1.82) is 0 Å². The third-order valence-corrected chi connectivity index (χ3v) is 2.84. The predicted octanol–water partition coefficient (Wildman–Crippen LogP) is 3.84. The van der Waals surface area contributed by atoms with Gasteiger partial charge >= 0.3 is 6.18 Å². The van der Waals surface area contributed by atoms with Gasteiger partial charge in [0.1, 0.15) is 0 Å². The van der Waals surface area contributed by atoms with Crippen molar-refractivity contribution in [2.75, 3.05) is 11.9 Å². The van der Waals surface area contributed by atoms with Crippen LogP contribution in [-0.4, -0.2) is 6.54 Å². The summed E-state index contributed by atoms with van der Waals surface area (Å²) in [5.74, 6) is 0.647. The number of hydrogen-bond donors (Lipinski definition) is 1. The first-order valence-electron chi connectivity index (χ1n) is 5.38. The summed E-state index contributed by atoms with van der Waals surface area (Å²) in [5, 5.41) is 3.09. The molecule has 88 valence electrons. The largest absolute Gasteiger partial charge is 0.416 e. The van der Waals surface area contributed by atoms with Crippen LogP contribution in [0.5, 0.6) is 0 Å². The number of hydrogen-bond acceptors (Lipinski definition) is 1. The smallest absolute Gasteiger partial charge is 0.385 e. The lowest BCUT2D eigenvalue weighted by atomic mass is 10.1. The van der Waals surface area contributed by atoms with E-state index in [9.17, 15) is 13.2 Å². The molecule has 4 heteroatoms. The van der Waals surface area contributed by atoms with E-state index >= 15 is 0 Å². The number of benzene rings is 1. The normalized spacial score (nSPS) is 16.2. The highest BCUT2D eigenvalue weighted by Crippen LogP contribution is 2.33. The number of aryl methyl sites for hydroxylation is 1. The van der Waals surface area contributed by atoms with Crippen molar-refractivity contribution < 1.29 is 13.2 Å². The molecule has 0 saturated heterocycles. The number of rotatable bonds is 3. The Labute approximate surface area is 92.7 Å². The highest BCUT2D eigenvalue weighted by Gasteiger charge is 2.31. The van der Waals surface area contributed by atoms with Crippen molar-refractivity contribution in [1.82, 2.24) is 0 Å². The van der Waals surface area contributed by atoms with Crippen LogP contribution in [-0.2, 0) is 6.18 Å². The fraction of sp³-hybridized carbons (Fsp3) is 0.500. The van der Waals surface area contributed by atoms with Crippen LogP contribution < -0.4 is 5.32 Å². The molecular formula is C12H14F3N. The van der Waals surface area contributed by atoms with Gasteiger partial charge in [-0.1, -0.05) is 6.07 Å². The second-order valence-corrected chi connectivity index (χ2v) is 4.35. The second kappa shape index (κ2) is 4.00. The summed E-state index contributed by atoms with van der Waals surface area (Å²) >= 11 is 0. The Kier molecular flexibility index (Phi) is 2.82. The van der Waals surface area contributed by atoms with Crippen LogP contribution in [0, 0.1) is 12.8 Å². The van der Waals surface area contributed by atoms with Gasteiger partial charge in [0.25, 0.3) is 0 Å². The first-order valence-corrected chi connectivity index (χ1v) is 5.38. The Hall–Kier alpha value is -1.19. The maximum absolute atomic E-state index is 12.5. The number of nitrogens with one attached hydrogen (secondary N) is 1. The molecule has 1 aromatic rings. The Morgan fingerprint density at radius 3 is 2.56 bits per heavy atom. The summed E-state index contributed by atoms with van der Waals surface area (Å²) in [4.78, 5) is 0. The molecule has 0 heterocycles. The van der Waals surface area contributed by atoms with Crippen LogP contribution in [0.25, 0.3) is 0 Å². The van der Waals surface area contributed by atoms with E-state index in [1.54, 1.807) is 0 Å². The molecule has 0 radical (unpaired) electrons. The minimum absolute atomic E-state index is 0.587. The zero-order valence-corrected chi connectivity index (χ0v) is 9.06. The van der Waals surface area contributed by atoms with Crippen LogP contribution in [0.1, 0.15) is 24.0 Å². The van der Waals surface area contributed by atoms with E-state index in [1.165, 1.54) is 25.0 Å². The molecule has 0 aromatic heterocycles. The third-order valence-electron chi connectivity index (χ3n) is 2.84. The minimum Gasteiger partial charge on any atom is -0.385 e. The molecule has 1 N–H and O–H groups in total. The molecule has 1 aliphatic carbocycles. The highest BCUT2D eigenvalue weighted by atomic mass is 19.4. The van der Waals surface area contributed by atoms with Gasteiger partial charge in [0.15, 0.2) is 0 Å². The molecule has 1 aromatic carbocycles. The van der Waals surface area contributed by atoms with Gasteiger partial charge in [0.2, 0.25) is 0 Å². The number of halogens is 3. The Bertz CT molecular complexity index is 380. The van der Waals surface area contributed by atoms with Gasteiger partial charge in [-0.2, -0.15) is 13.2 Å². The van der Waals surface area contributed by atoms with E-state index in [0.717, 1.165) is 18.2 Å². The Balaban J connectivity index is 2.14. The van der Waals surface area contributed by atoms with Crippen molar-refractivity contribution in [2.24, 2.45) is 5.92 Å². The molecule has 0 aliphatic heterocycles. The molecule has 0 amide bonds. The van der Waals surface area contributed by atoms with Gasteiger partial charge in [-0.15, -0.1) is 0 Å². The summed E-state index contributed by atoms with van der Waals surface area (Å²) in [6.07, 6.45) is -1.89. The molecule has 1 fully saturated rings. The van der Waals surface area contributed by atoms with Crippen LogP contribution in [0.2, 0.25) is 0 Å². The maximum Gasteiger partial charge on any atom is 0.416 e. The molecule has 1 nitrogen and oxygen atoms in total. The van der Waals surface area contributed by atoms with Gasteiger partial charge in [-0.25, -0.2) is 0 Å². The average molecular weight is 229 g/mol. The molecule has 2 rings (SSSR count). The van der Waals surface area contributed by atoms with Gasteiger partial charge in [-0.3, -0.25) is 0 Å². The summed E-state index contributed by atoms with van der Waals surface area (Å²) in [5.41, 5.74) is 0.867. The van der Waals surface area contributed by atoms with Crippen molar-refractivity contribution in [2.45, 2.75) is 25.9 Å². The first kappa shape index (κ1) is 11.3. The SMILES string of the molecule is Cc1ccc(C(F)(F)F)cc1NCC1CC1. The summed E-state index contributed by atoms with van der Waals surface area (Å²) < 4.78 is 37.4. The molecule has 0 atom stereocenters. The van der Waals surface area contributed by atoms with E-state index in [-0.39, 0.29) is 0 Å². The van der Waals surface area contributed by atoms with E-state index in [2.05, 4.69) is 5.32 Å². The van der Waals surface area contributed by atoms with E-state index in [0.29, 0.717) is 11.6 Å². The van der Waals surface area contributed by atoms with Crippen molar-refractivity contribution >= 4 is 5.69 Å². The fourth-order valence-electron chi connectivity index (χ4n) is 1.57. The van der Waals surface area contributed by atoms with Gasteiger partial charge in [0, 0.05) is 12.2 Å². The summed E-state index contributed by atoms with van der Waals surface area (Å²) in [6.45, 7) is 2.59. The molecule has 0 bridgehead atoms. The Morgan fingerprint density at radius 1 is 1.31 bits per heavy atom. The molecule has 16 heavy (non-hydrogen) atoms. The maximum atomic E-state index is 12.5. The average Bonchev–Trinajstić information content (AvgIpc) is 2.98. The van der Waals surface area contributed by atoms with Crippen LogP contribution in [0.4, 0.5) is 18.9 Å². The van der Waals surface area contributed by atoms with Crippen LogP contribution in [0.3, 0.4) is 0 Å². The molecule has 1 saturated carbocycles. The third kappa shape index (κ3) is 2.68. The topological polar surface area (TPSA) is 12.0 Å². The van der Waals surface area contributed by atoms with Crippen molar-refractivity contribution in [3.05, 3.63) is 29.3 Å². The standard InChI is InChI=1S/C12H14F3N/c1-8-2-5-10(12(13,14)15)6-11(8)16-7-9-3-4-9/h2,5-6,9,16H,3-4,7H2,1H3. The first-order chi connectivity index (χ1) is 7.47. The van der Waals surface area contributed by atoms with Gasteiger partial charge in [0.05, 0.1) is 5.56 Å². The molecule has 0 spiro atoms. The summed E-state index contributed by atoms with van der Waals surface area (Å²) in [6, 6.07) is 3.83. The number of anilines is 1. The van der Waals surface area contributed by atoms with Crippen molar-refractivity contribution in [3.63, 3.8) is 0 Å². The molecule has 1 aliphatic rings. The lowest BCUT2D eigenvalue weighted by Crippen LogP contribution is -2.09. The Morgan fingerprint density at radius 2 is 2.00 bits per heavy atom. The fourth-order valence-corrected chi connectivity index (χ4v) is 1.57. The monoisotopic (exact) mass is 229 g/mol. The quantitative estimate of drug-likeness (QED) is 0.830.